The van der Waals surface area contributed by atoms with Crippen molar-refractivity contribution in [2.45, 2.75) is 70.9 Å². The zero-order valence-electron chi connectivity index (χ0n) is 27.8. The Morgan fingerprint density at radius 1 is 0.935 bits per heavy atom. The Morgan fingerprint density at radius 2 is 1.65 bits per heavy atom. The number of rotatable bonds is 8. The van der Waals surface area contributed by atoms with Crippen LogP contribution in [0.4, 0.5) is 4.79 Å². The van der Waals surface area contributed by atoms with Gasteiger partial charge < -0.3 is 20.0 Å². The molecule has 9 nitrogen and oxygen atoms in total. The van der Waals surface area contributed by atoms with E-state index in [2.05, 4.69) is 59.2 Å². The fourth-order valence-corrected chi connectivity index (χ4v) is 8.89. The van der Waals surface area contributed by atoms with Gasteiger partial charge in [-0.25, -0.2) is 4.79 Å². The molecule has 10 heteroatoms. The van der Waals surface area contributed by atoms with Gasteiger partial charge >= 0.3 is 6.03 Å². The van der Waals surface area contributed by atoms with Crippen LogP contribution in [0.15, 0.2) is 45.3 Å². The van der Waals surface area contributed by atoms with Crippen LogP contribution in [0.1, 0.15) is 56.2 Å². The van der Waals surface area contributed by atoms with Crippen LogP contribution in [0.5, 0.6) is 0 Å². The Balaban J connectivity index is 1.11. The molecule has 5 aliphatic rings. The molecule has 3 amide bonds. The maximum atomic E-state index is 14.1. The predicted octanol–water partition coefficient (Wildman–Crippen LogP) is 3.92. The lowest BCUT2D eigenvalue weighted by molar-refractivity contribution is -0.135. The minimum Gasteiger partial charge on any atom is -0.338 e. The number of hydrogen-bond donors (Lipinski definition) is 1. The molecule has 0 aromatic heterocycles. The van der Waals surface area contributed by atoms with E-state index in [4.69, 9.17) is 0 Å². The van der Waals surface area contributed by atoms with Crippen molar-refractivity contribution in [3.8, 4) is 0 Å². The van der Waals surface area contributed by atoms with Gasteiger partial charge in [-0.2, -0.15) is 0 Å². The normalized spacial score (nSPS) is 22.7. The molecule has 1 atom stereocenters. The number of piperidine rings is 2. The molecule has 6 rings (SSSR count). The summed E-state index contributed by atoms with van der Waals surface area (Å²) in [6.07, 6.45) is 9.97. The van der Waals surface area contributed by atoms with Crippen LogP contribution >= 0.6 is 11.8 Å². The topological polar surface area (TPSA) is 88.6 Å². The second-order valence-corrected chi connectivity index (χ2v) is 14.5. The summed E-state index contributed by atoms with van der Waals surface area (Å²) in [6, 6.07) is 6.31. The maximum Gasteiger partial charge on any atom is 0.318 e. The van der Waals surface area contributed by atoms with Gasteiger partial charge in [0.15, 0.2) is 0 Å². The number of likely N-dealkylation sites (tertiary alicyclic amines) is 2. The second kappa shape index (κ2) is 14.9. The monoisotopic (exact) mass is 646 g/mol. The molecule has 0 radical (unpaired) electrons. The van der Waals surface area contributed by atoms with Crippen molar-refractivity contribution in [2.24, 2.45) is 10.9 Å². The number of aliphatic imine (C=N–C) groups is 1. The van der Waals surface area contributed by atoms with Gasteiger partial charge in [-0.1, -0.05) is 32.0 Å². The Morgan fingerprint density at radius 3 is 2.35 bits per heavy atom. The predicted molar refractivity (Wildman–Crippen MR) is 185 cm³/mol. The standard InChI is InChI=1S/C36H50N6O3S/c1-4-26-7-6-25(22-27(26)5-2)23-31(34(43)41-20-18-40(19-21-41)29-11-14-39(3)15-12-29)38-36(45)42-16-9-28(10-17-42)33-30-24-37-13-8-32(30)46-35(33)44/h6-8,13,22,28-29,31H,4-5,9-12,14-21,23-24H2,1-3H3,(H,38,45)/t31-/m1/s1. The summed E-state index contributed by atoms with van der Waals surface area (Å²) < 4.78 is 0. The molecule has 0 bridgehead atoms. The van der Waals surface area contributed by atoms with E-state index in [-0.39, 0.29) is 23.0 Å². The van der Waals surface area contributed by atoms with Gasteiger partial charge in [0.25, 0.3) is 0 Å². The molecular weight excluding hydrogens is 597 g/mol. The smallest absolute Gasteiger partial charge is 0.318 e. The van der Waals surface area contributed by atoms with Crippen LogP contribution in [-0.2, 0) is 28.9 Å². The highest BCUT2D eigenvalue weighted by molar-refractivity contribution is 8.18. The van der Waals surface area contributed by atoms with E-state index in [9.17, 15) is 14.4 Å². The van der Waals surface area contributed by atoms with Crippen LogP contribution in [0.3, 0.4) is 0 Å². The molecule has 46 heavy (non-hydrogen) atoms. The average Bonchev–Trinajstić information content (AvgIpc) is 3.43. The summed E-state index contributed by atoms with van der Waals surface area (Å²) in [5.74, 6) is 0.155. The van der Waals surface area contributed by atoms with Crippen molar-refractivity contribution in [1.29, 1.82) is 0 Å². The summed E-state index contributed by atoms with van der Waals surface area (Å²) >= 11 is 1.31. The number of benzene rings is 1. The number of aryl methyl sites for hydroxylation is 2. The number of urea groups is 1. The summed E-state index contributed by atoms with van der Waals surface area (Å²) in [5, 5.41) is 3.32. The lowest BCUT2D eigenvalue weighted by Gasteiger charge is -2.43. The first-order valence-electron chi connectivity index (χ1n) is 17.4. The molecule has 0 aliphatic carbocycles. The number of carbonyl (C=O) groups is 3. The number of allylic oxidation sites excluding steroid dienone is 1. The summed E-state index contributed by atoms with van der Waals surface area (Å²) in [6.45, 7) is 11.5. The number of nitrogens with zero attached hydrogens (tertiary/aromatic N) is 5. The van der Waals surface area contributed by atoms with Crippen LogP contribution in [0.25, 0.3) is 0 Å². The highest BCUT2D eigenvalue weighted by Crippen LogP contribution is 2.44. The molecular formula is C36H50N6O3S. The fourth-order valence-electron chi connectivity index (χ4n) is 7.86. The Bertz CT molecular complexity index is 1400. The molecule has 0 unspecified atom stereocenters. The molecule has 5 heterocycles. The first kappa shape index (κ1) is 33.0. The molecule has 5 aliphatic heterocycles. The minimum atomic E-state index is -0.622. The van der Waals surface area contributed by atoms with Gasteiger partial charge in [-0.05, 0) is 105 Å². The summed E-state index contributed by atoms with van der Waals surface area (Å²) in [4.78, 5) is 54.9. The molecule has 1 N–H and O–H groups in total. The van der Waals surface area contributed by atoms with Crippen LogP contribution in [0, 0.1) is 5.92 Å². The largest absolute Gasteiger partial charge is 0.338 e. The molecule has 3 fully saturated rings. The van der Waals surface area contributed by atoms with Gasteiger partial charge in [0.2, 0.25) is 11.0 Å². The molecule has 3 saturated heterocycles. The number of hydrogen-bond acceptors (Lipinski definition) is 7. The van der Waals surface area contributed by atoms with E-state index in [0.29, 0.717) is 45.2 Å². The number of amides is 3. The molecule has 1 aromatic carbocycles. The van der Waals surface area contributed by atoms with Crippen LogP contribution < -0.4 is 5.32 Å². The number of thioether (sulfide) groups is 1. The third-order valence-electron chi connectivity index (χ3n) is 10.7. The number of dihydropyridines is 1. The van der Waals surface area contributed by atoms with E-state index in [1.54, 1.807) is 6.21 Å². The highest BCUT2D eigenvalue weighted by Gasteiger charge is 2.37. The van der Waals surface area contributed by atoms with E-state index in [1.165, 1.54) is 35.7 Å². The molecule has 0 spiro atoms. The molecule has 0 saturated carbocycles. The van der Waals surface area contributed by atoms with Crippen molar-refractivity contribution in [3.05, 3.63) is 57.0 Å². The van der Waals surface area contributed by atoms with Crippen molar-refractivity contribution in [1.82, 2.24) is 24.9 Å². The first-order valence-corrected chi connectivity index (χ1v) is 18.2. The lowest BCUT2D eigenvalue weighted by Crippen LogP contribution is -2.59. The zero-order valence-corrected chi connectivity index (χ0v) is 28.6. The average molecular weight is 647 g/mol. The summed E-state index contributed by atoms with van der Waals surface area (Å²) in [7, 11) is 2.19. The zero-order chi connectivity index (χ0) is 32.2. The Kier molecular flexibility index (Phi) is 10.7. The van der Waals surface area contributed by atoms with Gasteiger partial charge in [0.1, 0.15) is 6.04 Å². The van der Waals surface area contributed by atoms with Crippen molar-refractivity contribution < 1.29 is 14.4 Å². The van der Waals surface area contributed by atoms with Gasteiger partial charge in [0.05, 0.1) is 6.54 Å². The third kappa shape index (κ3) is 7.29. The van der Waals surface area contributed by atoms with Crippen molar-refractivity contribution in [3.63, 3.8) is 0 Å². The minimum absolute atomic E-state index is 0.0154. The van der Waals surface area contributed by atoms with Crippen LogP contribution in [-0.4, -0.2) is 121 Å². The Labute approximate surface area is 278 Å². The molecule has 248 valence electrons. The Hall–Kier alpha value is -2.95. The van der Waals surface area contributed by atoms with Crippen LogP contribution in [0.2, 0.25) is 0 Å². The van der Waals surface area contributed by atoms with E-state index < -0.39 is 6.04 Å². The third-order valence-corrected chi connectivity index (χ3v) is 11.7. The maximum absolute atomic E-state index is 14.1. The van der Waals surface area contributed by atoms with E-state index >= 15 is 0 Å². The van der Waals surface area contributed by atoms with Crippen molar-refractivity contribution >= 4 is 35.0 Å². The first-order chi connectivity index (χ1) is 22.3. The van der Waals surface area contributed by atoms with Gasteiger partial charge in [0, 0.05) is 68.4 Å². The molecule has 1 aromatic rings. The number of fused-ring (bicyclic) bond motifs is 1. The van der Waals surface area contributed by atoms with E-state index in [0.717, 1.165) is 73.5 Å². The number of nitrogens with one attached hydrogen (secondary N) is 1. The second-order valence-electron chi connectivity index (χ2n) is 13.5. The van der Waals surface area contributed by atoms with Gasteiger partial charge in [-0.3, -0.25) is 19.5 Å². The lowest BCUT2D eigenvalue weighted by atomic mass is 9.86. The van der Waals surface area contributed by atoms with E-state index in [1.807, 2.05) is 15.9 Å². The SMILES string of the molecule is CCc1ccc(C[C@@H](NC(=O)N2CCC(C3=C4CN=CC=C4SC3=O)CC2)C(=O)N2CCN(C3CCN(C)CC3)CC2)cc1CC. The highest BCUT2D eigenvalue weighted by atomic mass is 32.2. The van der Waals surface area contributed by atoms with Crippen molar-refractivity contribution in [2.75, 3.05) is 66.0 Å². The quantitative estimate of drug-likeness (QED) is 0.461. The van der Waals surface area contributed by atoms with Gasteiger partial charge in [-0.15, -0.1) is 0 Å². The summed E-state index contributed by atoms with van der Waals surface area (Å²) in [5.41, 5.74) is 5.71. The fraction of sp³-hybridized carbons (Fsp3) is 0.611. The number of piperazine rings is 1. The number of carbonyl (C=O) groups excluding carboxylic acids is 3.